The summed E-state index contributed by atoms with van der Waals surface area (Å²) in [5.74, 6) is -0.797. The van der Waals surface area contributed by atoms with Crippen molar-refractivity contribution in [3.63, 3.8) is 0 Å². The van der Waals surface area contributed by atoms with E-state index in [1.54, 1.807) is 0 Å². The van der Waals surface area contributed by atoms with Crippen molar-refractivity contribution in [1.29, 1.82) is 0 Å². The molecule has 0 saturated carbocycles. The molecule has 3 nitrogen and oxygen atoms in total. The largest absolute Gasteiger partial charge is 0.481 e. The van der Waals surface area contributed by atoms with Gasteiger partial charge in [0.2, 0.25) is 0 Å². The number of fused-ring (bicyclic) bond motifs is 1. The molecule has 0 bridgehead atoms. The average Bonchev–Trinajstić information content (AvgIpc) is 2.51. The van der Waals surface area contributed by atoms with Crippen molar-refractivity contribution in [3.8, 4) is 0 Å². The van der Waals surface area contributed by atoms with Gasteiger partial charge in [-0.2, -0.15) is 0 Å². The van der Waals surface area contributed by atoms with Crippen LogP contribution in [0.15, 0.2) is 36.7 Å². The van der Waals surface area contributed by atoms with Gasteiger partial charge in [-0.3, -0.25) is 4.79 Å². The van der Waals surface area contributed by atoms with Crippen LogP contribution in [0.4, 0.5) is 0 Å². The molecule has 2 aromatic rings. The van der Waals surface area contributed by atoms with Crippen LogP contribution in [0.1, 0.15) is 5.56 Å². The van der Waals surface area contributed by atoms with Gasteiger partial charge in [0.05, 0.1) is 6.42 Å². The summed E-state index contributed by atoms with van der Waals surface area (Å²) in [6.07, 6.45) is 3.88. The molecule has 1 N–H and O–H groups in total. The lowest BCUT2D eigenvalue weighted by molar-refractivity contribution is -0.136. The predicted octanol–water partition coefficient (Wildman–Crippen LogP) is 1.57. The summed E-state index contributed by atoms with van der Waals surface area (Å²) in [6, 6.07) is 7.51. The first-order valence-electron chi connectivity index (χ1n) is 4.04. The minimum absolute atomic E-state index is 0.0777. The Morgan fingerprint density at radius 3 is 2.69 bits per heavy atom. The number of aromatic nitrogens is 1. The maximum atomic E-state index is 10.5. The van der Waals surface area contributed by atoms with Crippen LogP contribution in [-0.4, -0.2) is 15.5 Å². The Labute approximate surface area is 75.2 Å². The Kier molecular flexibility index (Phi) is 1.77. The van der Waals surface area contributed by atoms with E-state index < -0.39 is 5.97 Å². The molecule has 2 aromatic heterocycles. The van der Waals surface area contributed by atoms with E-state index in [1.165, 1.54) is 0 Å². The van der Waals surface area contributed by atoms with Crippen LogP contribution in [0.5, 0.6) is 0 Å². The number of hydrogen-bond acceptors (Lipinski definition) is 1. The molecule has 0 unspecified atom stereocenters. The smallest absolute Gasteiger partial charge is 0.307 e. The number of carboxylic acids is 1. The Bertz CT molecular complexity index is 445. The zero-order chi connectivity index (χ0) is 9.26. The molecule has 0 fully saturated rings. The van der Waals surface area contributed by atoms with E-state index in [0.29, 0.717) is 0 Å². The highest BCUT2D eigenvalue weighted by atomic mass is 16.4. The first-order chi connectivity index (χ1) is 6.27. The molecule has 0 aliphatic heterocycles. The van der Waals surface area contributed by atoms with Crippen molar-refractivity contribution < 1.29 is 9.90 Å². The summed E-state index contributed by atoms with van der Waals surface area (Å²) in [7, 11) is 0. The van der Waals surface area contributed by atoms with Gasteiger partial charge in [-0.15, -0.1) is 0 Å². The summed E-state index contributed by atoms with van der Waals surface area (Å²) >= 11 is 0. The Balaban J connectivity index is 2.54. The van der Waals surface area contributed by atoms with Gasteiger partial charge >= 0.3 is 5.97 Å². The number of pyridine rings is 1. The van der Waals surface area contributed by atoms with E-state index in [1.807, 2.05) is 41.1 Å². The van der Waals surface area contributed by atoms with Crippen LogP contribution in [0, 0.1) is 0 Å². The standard InChI is InChI=1S/C10H9NO2/c12-10(13)7-8-3-1-5-11-6-2-4-9(8)11/h1-6H,7H2,(H,12,13). The second kappa shape index (κ2) is 2.94. The molecule has 0 amide bonds. The molecule has 0 spiro atoms. The van der Waals surface area contributed by atoms with Crippen LogP contribution in [-0.2, 0) is 11.2 Å². The molecule has 0 aliphatic rings. The molecular weight excluding hydrogens is 166 g/mol. The van der Waals surface area contributed by atoms with Gasteiger partial charge < -0.3 is 9.51 Å². The second-order valence-electron chi connectivity index (χ2n) is 2.90. The summed E-state index contributed by atoms with van der Waals surface area (Å²) < 4.78 is 1.91. The van der Waals surface area contributed by atoms with Gasteiger partial charge in [-0.05, 0) is 23.8 Å². The fourth-order valence-electron chi connectivity index (χ4n) is 1.45. The maximum Gasteiger partial charge on any atom is 0.307 e. The Morgan fingerprint density at radius 2 is 2.00 bits per heavy atom. The van der Waals surface area contributed by atoms with Gasteiger partial charge in [-0.1, -0.05) is 6.07 Å². The zero-order valence-corrected chi connectivity index (χ0v) is 6.97. The van der Waals surface area contributed by atoms with Gasteiger partial charge in [0.1, 0.15) is 0 Å². The highest BCUT2D eigenvalue weighted by Gasteiger charge is 2.04. The molecule has 0 saturated heterocycles. The van der Waals surface area contributed by atoms with Crippen LogP contribution >= 0.6 is 0 Å². The zero-order valence-electron chi connectivity index (χ0n) is 6.97. The summed E-state index contributed by atoms with van der Waals surface area (Å²) in [5, 5.41) is 8.65. The van der Waals surface area contributed by atoms with Crippen molar-refractivity contribution in [1.82, 2.24) is 4.40 Å². The van der Waals surface area contributed by atoms with Gasteiger partial charge in [0.25, 0.3) is 0 Å². The quantitative estimate of drug-likeness (QED) is 0.752. The second-order valence-corrected chi connectivity index (χ2v) is 2.90. The van der Waals surface area contributed by atoms with Crippen molar-refractivity contribution in [2.45, 2.75) is 6.42 Å². The van der Waals surface area contributed by atoms with Crippen LogP contribution in [0.2, 0.25) is 0 Å². The normalized spacial score (nSPS) is 10.5. The summed E-state index contributed by atoms with van der Waals surface area (Å²) in [4.78, 5) is 10.5. The van der Waals surface area contributed by atoms with Gasteiger partial charge in [0, 0.05) is 17.9 Å². The number of rotatable bonds is 2. The molecule has 0 aliphatic carbocycles. The Morgan fingerprint density at radius 1 is 1.31 bits per heavy atom. The highest BCUT2D eigenvalue weighted by Crippen LogP contribution is 2.11. The van der Waals surface area contributed by atoms with E-state index in [9.17, 15) is 4.79 Å². The van der Waals surface area contributed by atoms with E-state index >= 15 is 0 Å². The predicted molar refractivity (Wildman–Crippen MR) is 48.7 cm³/mol. The average molecular weight is 175 g/mol. The third-order valence-electron chi connectivity index (χ3n) is 1.99. The molecule has 0 radical (unpaired) electrons. The SMILES string of the molecule is O=C(O)Cc1cccn2cccc12. The lowest BCUT2D eigenvalue weighted by atomic mass is 10.1. The number of carbonyl (C=O) groups is 1. The van der Waals surface area contributed by atoms with Gasteiger partial charge in [0.15, 0.2) is 0 Å². The monoisotopic (exact) mass is 175 g/mol. The molecule has 66 valence electrons. The fourth-order valence-corrected chi connectivity index (χ4v) is 1.45. The molecule has 2 heterocycles. The van der Waals surface area contributed by atoms with Crippen molar-refractivity contribution >= 4 is 11.5 Å². The third-order valence-corrected chi connectivity index (χ3v) is 1.99. The minimum atomic E-state index is -0.797. The third kappa shape index (κ3) is 1.40. The number of aliphatic carboxylic acids is 1. The maximum absolute atomic E-state index is 10.5. The molecular formula is C10H9NO2. The summed E-state index contributed by atoms with van der Waals surface area (Å²) in [6.45, 7) is 0. The molecule has 0 aromatic carbocycles. The Hall–Kier alpha value is -1.77. The van der Waals surface area contributed by atoms with Crippen molar-refractivity contribution in [2.24, 2.45) is 0 Å². The van der Waals surface area contributed by atoms with E-state index in [2.05, 4.69) is 0 Å². The topological polar surface area (TPSA) is 41.7 Å². The summed E-state index contributed by atoms with van der Waals surface area (Å²) in [5.41, 5.74) is 1.81. The van der Waals surface area contributed by atoms with Crippen LogP contribution in [0.3, 0.4) is 0 Å². The molecule has 0 atom stereocenters. The fraction of sp³-hybridized carbons (Fsp3) is 0.100. The van der Waals surface area contributed by atoms with E-state index in [4.69, 9.17) is 5.11 Å². The first kappa shape index (κ1) is 7.86. The van der Waals surface area contributed by atoms with Crippen molar-refractivity contribution in [3.05, 3.63) is 42.2 Å². The molecule has 2 rings (SSSR count). The lowest BCUT2D eigenvalue weighted by Gasteiger charge is -2.00. The van der Waals surface area contributed by atoms with Crippen LogP contribution in [0.25, 0.3) is 5.52 Å². The van der Waals surface area contributed by atoms with E-state index in [0.717, 1.165) is 11.1 Å². The highest BCUT2D eigenvalue weighted by molar-refractivity contribution is 5.74. The first-order valence-corrected chi connectivity index (χ1v) is 4.04. The molecule has 3 heteroatoms. The number of carboxylic acid groups (broad SMARTS) is 1. The molecule has 13 heavy (non-hydrogen) atoms. The van der Waals surface area contributed by atoms with Crippen molar-refractivity contribution in [2.75, 3.05) is 0 Å². The van der Waals surface area contributed by atoms with E-state index in [-0.39, 0.29) is 6.42 Å². The van der Waals surface area contributed by atoms with Crippen LogP contribution < -0.4 is 0 Å². The van der Waals surface area contributed by atoms with Gasteiger partial charge in [-0.25, -0.2) is 0 Å². The minimum Gasteiger partial charge on any atom is -0.481 e. The lowest BCUT2D eigenvalue weighted by Crippen LogP contribution is -2.01. The number of nitrogens with zero attached hydrogens (tertiary/aromatic N) is 1. The number of hydrogen-bond donors (Lipinski definition) is 1.